The second-order valence-corrected chi connectivity index (χ2v) is 6.68. The van der Waals surface area contributed by atoms with E-state index in [1.807, 2.05) is 24.3 Å². The van der Waals surface area contributed by atoms with Crippen LogP contribution in [0.1, 0.15) is 18.9 Å². The molecular weight excluding hydrogens is 352 g/mol. The predicted octanol–water partition coefficient (Wildman–Crippen LogP) is 4.10. The maximum absolute atomic E-state index is 12.5. The number of likely N-dealkylation sites (tertiary alicyclic amines) is 1. The van der Waals surface area contributed by atoms with E-state index in [1.165, 1.54) is 25.1 Å². The monoisotopic (exact) mass is 372 g/mol. The summed E-state index contributed by atoms with van der Waals surface area (Å²) in [6, 6.07) is 7.61. The molecule has 7 heteroatoms. The number of aromatic nitrogens is 2. The lowest BCUT2D eigenvalue weighted by Gasteiger charge is -2.33. The van der Waals surface area contributed by atoms with Crippen LogP contribution in [0.2, 0.25) is 5.02 Å². The van der Waals surface area contributed by atoms with Crippen molar-refractivity contribution in [1.82, 2.24) is 14.9 Å². The van der Waals surface area contributed by atoms with Crippen LogP contribution in [0.3, 0.4) is 0 Å². The fourth-order valence-corrected chi connectivity index (χ4v) is 3.02. The Morgan fingerprint density at radius 3 is 2.69 bits per heavy atom. The van der Waals surface area contributed by atoms with Gasteiger partial charge in [-0.05, 0) is 30.0 Å². The molecule has 136 valence electrons. The number of hydrogen-bond donors (Lipinski definition) is 1. The van der Waals surface area contributed by atoms with Crippen molar-refractivity contribution in [2.45, 2.75) is 13.3 Å². The lowest BCUT2D eigenvalue weighted by Crippen LogP contribution is -2.42. The summed E-state index contributed by atoms with van der Waals surface area (Å²) in [6.07, 6.45) is 5.98. The molecular formula is C19H21ClN4O2. The molecule has 1 aliphatic rings. The van der Waals surface area contributed by atoms with E-state index in [0.717, 1.165) is 17.0 Å². The highest BCUT2D eigenvalue weighted by Gasteiger charge is 2.24. The molecule has 0 aliphatic carbocycles. The van der Waals surface area contributed by atoms with E-state index in [9.17, 15) is 4.79 Å². The molecule has 1 atom stereocenters. The number of rotatable bonds is 3. The maximum atomic E-state index is 12.5. The third-order valence-corrected chi connectivity index (χ3v) is 4.63. The normalized spacial score (nSPS) is 18.7. The first-order valence-corrected chi connectivity index (χ1v) is 8.81. The number of nitrogens with zero attached hydrogens (tertiary/aromatic N) is 3. The molecule has 1 aromatic carbocycles. The van der Waals surface area contributed by atoms with Crippen LogP contribution in [0.25, 0.3) is 6.08 Å². The summed E-state index contributed by atoms with van der Waals surface area (Å²) in [7, 11) is 1.52. The first-order chi connectivity index (χ1) is 12.5. The number of methoxy groups -OCH3 is 1. The molecule has 0 bridgehead atoms. The van der Waals surface area contributed by atoms with E-state index in [4.69, 9.17) is 16.3 Å². The Bertz CT molecular complexity index is 790. The van der Waals surface area contributed by atoms with E-state index in [-0.39, 0.29) is 11.9 Å². The predicted molar refractivity (Wildman–Crippen MR) is 102 cm³/mol. The van der Waals surface area contributed by atoms with Gasteiger partial charge in [0.1, 0.15) is 0 Å². The van der Waals surface area contributed by atoms with Gasteiger partial charge in [-0.3, -0.25) is 5.32 Å². The van der Waals surface area contributed by atoms with Gasteiger partial charge in [-0.25, -0.2) is 14.8 Å². The summed E-state index contributed by atoms with van der Waals surface area (Å²) >= 11 is 5.93. The Kier molecular flexibility index (Phi) is 5.73. The number of nitrogens with one attached hydrogen (secondary N) is 1. The van der Waals surface area contributed by atoms with Gasteiger partial charge in [0.25, 0.3) is 0 Å². The van der Waals surface area contributed by atoms with Gasteiger partial charge in [0.05, 0.1) is 19.5 Å². The third kappa shape index (κ3) is 4.52. The molecule has 1 N–H and O–H groups in total. The number of hydrogen-bond acceptors (Lipinski definition) is 4. The van der Waals surface area contributed by atoms with Crippen molar-refractivity contribution < 1.29 is 9.53 Å². The third-order valence-electron chi connectivity index (χ3n) is 4.38. The Balaban J connectivity index is 1.60. The molecule has 2 aromatic rings. The standard InChI is InChI=1S/C19H21ClN4O2/c1-13-12-24(19(25)23-17-10-22-18(26-2)11-21-17)8-7-15(13)9-14-3-5-16(20)6-4-14/h3-6,9-11,13H,7-8,12H2,1-2H3,(H,21,23,25)/b15-9+. The van der Waals surface area contributed by atoms with Gasteiger partial charge in [0.15, 0.2) is 5.82 Å². The van der Waals surface area contributed by atoms with Crippen molar-refractivity contribution in [1.29, 1.82) is 0 Å². The smallest absolute Gasteiger partial charge is 0.323 e. The average Bonchev–Trinajstić information content (AvgIpc) is 2.65. The van der Waals surface area contributed by atoms with E-state index in [0.29, 0.717) is 24.8 Å². The van der Waals surface area contributed by atoms with Crippen LogP contribution < -0.4 is 10.1 Å². The molecule has 0 spiro atoms. The fraction of sp³-hybridized carbons (Fsp3) is 0.316. The van der Waals surface area contributed by atoms with E-state index < -0.39 is 0 Å². The fourth-order valence-electron chi connectivity index (χ4n) is 2.90. The number of benzene rings is 1. The molecule has 1 aliphatic heterocycles. The SMILES string of the molecule is COc1cnc(NC(=O)N2CC/C(=C\c3ccc(Cl)cc3)C(C)C2)cn1. The van der Waals surface area contributed by atoms with Crippen molar-refractivity contribution >= 4 is 29.5 Å². The van der Waals surface area contributed by atoms with Crippen LogP contribution >= 0.6 is 11.6 Å². The summed E-state index contributed by atoms with van der Waals surface area (Å²) in [5.41, 5.74) is 2.46. The Morgan fingerprint density at radius 1 is 1.31 bits per heavy atom. The van der Waals surface area contributed by atoms with E-state index in [2.05, 4.69) is 28.3 Å². The first kappa shape index (κ1) is 18.2. The molecule has 3 rings (SSSR count). The number of carbonyl (C=O) groups is 1. The van der Waals surface area contributed by atoms with Crippen molar-refractivity contribution in [2.75, 3.05) is 25.5 Å². The zero-order valence-electron chi connectivity index (χ0n) is 14.8. The summed E-state index contributed by atoms with van der Waals surface area (Å²) in [5.74, 6) is 1.10. The minimum atomic E-state index is -0.165. The summed E-state index contributed by atoms with van der Waals surface area (Å²) < 4.78 is 4.96. The van der Waals surface area contributed by atoms with Crippen molar-refractivity contribution in [3.8, 4) is 5.88 Å². The number of anilines is 1. The average molecular weight is 373 g/mol. The minimum Gasteiger partial charge on any atom is -0.480 e. The number of urea groups is 1. The first-order valence-electron chi connectivity index (χ1n) is 8.43. The number of piperidine rings is 1. The van der Waals surface area contributed by atoms with Crippen LogP contribution in [0, 0.1) is 5.92 Å². The van der Waals surface area contributed by atoms with Crippen molar-refractivity contribution in [3.05, 3.63) is 52.8 Å². The Hall–Kier alpha value is -2.60. The van der Waals surface area contributed by atoms with Gasteiger partial charge in [-0.2, -0.15) is 0 Å². The summed E-state index contributed by atoms with van der Waals surface area (Å²) in [5, 5.41) is 3.51. The molecule has 6 nitrogen and oxygen atoms in total. The molecule has 1 saturated heterocycles. The number of carbonyl (C=O) groups excluding carboxylic acids is 1. The van der Waals surface area contributed by atoms with Gasteiger partial charge in [0.2, 0.25) is 5.88 Å². The van der Waals surface area contributed by atoms with Crippen LogP contribution in [-0.2, 0) is 0 Å². The lowest BCUT2D eigenvalue weighted by atomic mass is 9.91. The van der Waals surface area contributed by atoms with Gasteiger partial charge in [0, 0.05) is 18.1 Å². The van der Waals surface area contributed by atoms with E-state index in [1.54, 1.807) is 4.90 Å². The molecule has 1 aromatic heterocycles. The highest BCUT2D eigenvalue weighted by Crippen LogP contribution is 2.25. The molecule has 2 amide bonds. The number of ether oxygens (including phenoxy) is 1. The van der Waals surface area contributed by atoms with Gasteiger partial charge >= 0.3 is 6.03 Å². The summed E-state index contributed by atoms with van der Waals surface area (Å²) in [6.45, 7) is 3.46. The van der Waals surface area contributed by atoms with Crippen LogP contribution in [-0.4, -0.2) is 41.1 Å². The van der Waals surface area contributed by atoms with Gasteiger partial charge < -0.3 is 9.64 Å². The van der Waals surface area contributed by atoms with Gasteiger partial charge in [-0.15, -0.1) is 0 Å². The lowest BCUT2D eigenvalue weighted by molar-refractivity contribution is 0.197. The number of amides is 2. The molecule has 1 fully saturated rings. The molecule has 2 heterocycles. The quantitative estimate of drug-likeness (QED) is 0.880. The Labute approximate surface area is 157 Å². The van der Waals surface area contributed by atoms with Crippen LogP contribution in [0.5, 0.6) is 5.88 Å². The second kappa shape index (κ2) is 8.19. The largest absolute Gasteiger partial charge is 0.480 e. The van der Waals surface area contributed by atoms with Gasteiger partial charge in [-0.1, -0.05) is 42.3 Å². The number of halogens is 1. The van der Waals surface area contributed by atoms with Crippen LogP contribution in [0.15, 0.2) is 42.2 Å². The molecule has 1 unspecified atom stereocenters. The van der Waals surface area contributed by atoms with Crippen molar-refractivity contribution in [2.24, 2.45) is 5.92 Å². The van der Waals surface area contributed by atoms with E-state index >= 15 is 0 Å². The highest BCUT2D eigenvalue weighted by molar-refractivity contribution is 6.30. The molecule has 0 radical (unpaired) electrons. The van der Waals surface area contributed by atoms with Crippen LogP contribution in [0.4, 0.5) is 10.6 Å². The topological polar surface area (TPSA) is 67.3 Å². The zero-order chi connectivity index (χ0) is 18.5. The summed E-state index contributed by atoms with van der Waals surface area (Å²) in [4.78, 5) is 22.4. The molecule has 0 saturated carbocycles. The minimum absolute atomic E-state index is 0.165. The Morgan fingerprint density at radius 2 is 2.08 bits per heavy atom. The maximum Gasteiger partial charge on any atom is 0.323 e. The van der Waals surface area contributed by atoms with Crippen molar-refractivity contribution in [3.63, 3.8) is 0 Å². The zero-order valence-corrected chi connectivity index (χ0v) is 15.5. The molecule has 26 heavy (non-hydrogen) atoms. The second-order valence-electron chi connectivity index (χ2n) is 6.24. The highest BCUT2D eigenvalue weighted by atomic mass is 35.5.